The molecule has 0 bridgehead atoms. The average Bonchev–Trinajstić information content (AvgIpc) is 2.43. The molecule has 0 atom stereocenters. The monoisotopic (exact) mass is 276 g/mol. The van der Waals surface area contributed by atoms with E-state index in [4.69, 9.17) is 5.73 Å². The largest absolute Gasteiger partial charge is 0.367 e. The Morgan fingerprint density at radius 1 is 1.20 bits per heavy atom. The normalized spacial score (nSPS) is 17.1. The zero-order valence-electron chi connectivity index (χ0n) is 11.9. The Morgan fingerprint density at radius 2 is 1.90 bits per heavy atom. The minimum atomic E-state index is -0.201. The minimum Gasteiger partial charge on any atom is -0.367 e. The van der Waals surface area contributed by atoms with Gasteiger partial charge < -0.3 is 16.4 Å². The molecule has 1 saturated carbocycles. The first-order valence-corrected chi connectivity index (χ1v) is 7.50. The van der Waals surface area contributed by atoms with Gasteiger partial charge in [-0.3, -0.25) is 4.79 Å². The summed E-state index contributed by atoms with van der Waals surface area (Å²) in [7, 11) is 0. The Bertz CT molecular complexity index is 410. The van der Waals surface area contributed by atoms with E-state index in [0.717, 1.165) is 5.82 Å². The lowest BCUT2D eigenvalue weighted by Gasteiger charge is -2.21. The number of nitrogens with zero attached hydrogens (tertiary/aromatic N) is 1. The average molecular weight is 276 g/mol. The second-order valence-electron chi connectivity index (χ2n) is 5.37. The molecule has 1 heterocycles. The minimum absolute atomic E-state index is 0.0118. The molecule has 1 amide bonds. The van der Waals surface area contributed by atoms with Crippen molar-refractivity contribution in [2.75, 3.05) is 17.2 Å². The van der Waals surface area contributed by atoms with Crippen LogP contribution in [-0.2, 0) is 4.79 Å². The van der Waals surface area contributed by atoms with E-state index >= 15 is 0 Å². The van der Waals surface area contributed by atoms with Crippen molar-refractivity contribution in [1.29, 1.82) is 0 Å². The third kappa shape index (κ3) is 4.81. The zero-order chi connectivity index (χ0) is 14.2. The summed E-state index contributed by atoms with van der Waals surface area (Å²) in [6.45, 7) is -0.0118. The molecular formula is C15H24N4O. The van der Waals surface area contributed by atoms with Crippen LogP contribution in [0.15, 0.2) is 18.3 Å². The first kappa shape index (κ1) is 14.8. The van der Waals surface area contributed by atoms with Crippen LogP contribution in [0.2, 0.25) is 0 Å². The first-order valence-electron chi connectivity index (χ1n) is 7.50. The molecule has 0 spiro atoms. The van der Waals surface area contributed by atoms with Gasteiger partial charge in [0.2, 0.25) is 5.91 Å². The second kappa shape index (κ2) is 7.85. The molecule has 0 unspecified atom stereocenters. The molecule has 5 nitrogen and oxygen atoms in total. The highest BCUT2D eigenvalue weighted by atomic mass is 16.1. The predicted molar refractivity (Wildman–Crippen MR) is 81.7 cm³/mol. The molecule has 2 rings (SSSR count). The lowest BCUT2D eigenvalue weighted by molar-refractivity contribution is -0.114. The van der Waals surface area contributed by atoms with Crippen LogP contribution < -0.4 is 16.4 Å². The highest BCUT2D eigenvalue weighted by Gasteiger charge is 2.11. The van der Waals surface area contributed by atoms with Crippen LogP contribution in [0.25, 0.3) is 0 Å². The van der Waals surface area contributed by atoms with Crippen LogP contribution in [-0.4, -0.2) is 23.5 Å². The number of carbonyl (C=O) groups is 1. The molecule has 0 aromatic carbocycles. The number of anilines is 2. The van der Waals surface area contributed by atoms with Gasteiger partial charge in [0.05, 0.1) is 18.4 Å². The zero-order valence-corrected chi connectivity index (χ0v) is 11.9. The Balaban J connectivity index is 1.87. The fourth-order valence-electron chi connectivity index (χ4n) is 2.57. The van der Waals surface area contributed by atoms with Gasteiger partial charge in [0.1, 0.15) is 5.82 Å². The molecule has 1 aromatic heterocycles. The SMILES string of the molecule is NCC(=O)Nc1ccc(NC2CCCCCCC2)nc1. The molecule has 0 saturated heterocycles. The number of aromatic nitrogens is 1. The fraction of sp³-hybridized carbons (Fsp3) is 0.600. The molecule has 1 aliphatic rings. The van der Waals surface area contributed by atoms with Gasteiger partial charge in [0, 0.05) is 6.04 Å². The van der Waals surface area contributed by atoms with E-state index in [1.54, 1.807) is 6.20 Å². The van der Waals surface area contributed by atoms with Gasteiger partial charge >= 0.3 is 0 Å². The van der Waals surface area contributed by atoms with Crippen molar-refractivity contribution < 1.29 is 4.79 Å². The van der Waals surface area contributed by atoms with E-state index in [9.17, 15) is 4.79 Å². The second-order valence-corrected chi connectivity index (χ2v) is 5.37. The molecule has 5 heteroatoms. The number of nitrogens with one attached hydrogen (secondary N) is 2. The summed E-state index contributed by atoms with van der Waals surface area (Å²) in [4.78, 5) is 15.5. The Kier molecular flexibility index (Phi) is 5.80. The van der Waals surface area contributed by atoms with Gasteiger partial charge in [-0.15, -0.1) is 0 Å². The number of pyridine rings is 1. The van der Waals surface area contributed by atoms with Gasteiger partial charge in [0.15, 0.2) is 0 Å². The van der Waals surface area contributed by atoms with Crippen LogP contribution in [0.4, 0.5) is 11.5 Å². The van der Waals surface area contributed by atoms with Gasteiger partial charge in [-0.2, -0.15) is 0 Å². The van der Waals surface area contributed by atoms with Crippen LogP contribution in [0.1, 0.15) is 44.9 Å². The van der Waals surface area contributed by atoms with Crippen LogP contribution >= 0.6 is 0 Å². The van der Waals surface area contributed by atoms with Crippen LogP contribution in [0.3, 0.4) is 0 Å². The summed E-state index contributed by atoms with van der Waals surface area (Å²) < 4.78 is 0. The van der Waals surface area contributed by atoms with Crippen molar-refractivity contribution >= 4 is 17.4 Å². The number of carbonyl (C=O) groups excluding carboxylic acids is 1. The molecule has 1 aliphatic carbocycles. The Morgan fingerprint density at radius 3 is 2.50 bits per heavy atom. The molecular weight excluding hydrogens is 252 g/mol. The third-order valence-electron chi connectivity index (χ3n) is 3.69. The maximum absolute atomic E-state index is 11.2. The van der Waals surface area contributed by atoms with Gasteiger partial charge in [-0.05, 0) is 25.0 Å². The standard InChI is InChI=1S/C15H24N4O/c16-10-15(20)19-13-8-9-14(17-11-13)18-12-6-4-2-1-3-5-7-12/h8-9,11-12H,1-7,10,16H2,(H,17,18)(H,19,20). The van der Waals surface area contributed by atoms with Gasteiger partial charge in [-0.25, -0.2) is 4.98 Å². The van der Waals surface area contributed by atoms with Crippen LogP contribution in [0, 0.1) is 0 Å². The van der Waals surface area contributed by atoms with E-state index in [1.807, 2.05) is 12.1 Å². The van der Waals surface area contributed by atoms with E-state index < -0.39 is 0 Å². The quantitative estimate of drug-likeness (QED) is 0.789. The maximum Gasteiger partial charge on any atom is 0.238 e. The topological polar surface area (TPSA) is 80.0 Å². The number of rotatable bonds is 4. The Hall–Kier alpha value is -1.62. The fourth-order valence-corrected chi connectivity index (χ4v) is 2.57. The summed E-state index contributed by atoms with van der Waals surface area (Å²) in [6, 6.07) is 4.28. The van der Waals surface area contributed by atoms with Crippen molar-refractivity contribution in [3.63, 3.8) is 0 Å². The van der Waals surface area contributed by atoms with Crippen molar-refractivity contribution in [3.8, 4) is 0 Å². The molecule has 4 N–H and O–H groups in total. The molecule has 20 heavy (non-hydrogen) atoms. The predicted octanol–water partition coefficient (Wildman–Crippen LogP) is 2.50. The number of hydrogen-bond acceptors (Lipinski definition) is 4. The highest BCUT2D eigenvalue weighted by Crippen LogP contribution is 2.20. The maximum atomic E-state index is 11.2. The molecule has 0 radical (unpaired) electrons. The van der Waals surface area contributed by atoms with Crippen molar-refractivity contribution in [1.82, 2.24) is 4.98 Å². The third-order valence-corrected chi connectivity index (χ3v) is 3.69. The molecule has 0 aliphatic heterocycles. The lowest BCUT2D eigenvalue weighted by Crippen LogP contribution is -2.22. The number of nitrogens with two attached hydrogens (primary N) is 1. The van der Waals surface area contributed by atoms with E-state index in [0.29, 0.717) is 11.7 Å². The summed E-state index contributed by atoms with van der Waals surface area (Å²) in [5.41, 5.74) is 5.94. The van der Waals surface area contributed by atoms with E-state index in [1.165, 1.54) is 44.9 Å². The summed E-state index contributed by atoms with van der Waals surface area (Å²) in [5.74, 6) is 0.675. The molecule has 1 fully saturated rings. The van der Waals surface area contributed by atoms with Gasteiger partial charge in [0.25, 0.3) is 0 Å². The van der Waals surface area contributed by atoms with Gasteiger partial charge in [-0.1, -0.05) is 32.1 Å². The first-order chi connectivity index (χ1) is 9.78. The van der Waals surface area contributed by atoms with Crippen molar-refractivity contribution in [2.45, 2.75) is 51.0 Å². The van der Waals surface area contributed by atoms with Crippen LogP contribution in [0.5, 0.6) is 0 Å². The summed E-state index contributed by atoms with van der Waals surface area (Å²) in [5, 5.41) is 6.18. The molecule has 110 valence electrons. The van der Waals surface area contributed by atoms with E-state index in [-0.39, 0.29) is 12.5 Å². The number of hydrogen-bond donors (Lipinski definition) is 3. The lowest BCUT2D eigenvalue weighted by atomic mass is 9.97. The molecule has 1 aromatic rings. The van der Waals surface area contributed by atoms with Crippen molar-refractivity contribution in [3.05, 3.63) is 18.3 Å². The summed E-state index contributed by atoms with van der Waals surface area (Å²) in [6.07, 6.45) is 10.7. The smallest absolute Gasteiger partial charge is 0.238 e. The van der Waals surface area contributed by atoms with E-state index in [2.05, 4.69) is 15.6 Å². The van der Waals surface area contributed by atoms with Crippen molar-refractivity contribution in [2.24, 2.45) is 5.73 Å². The Labute approximate surface area is 120 Å². The summed E-state index contributed by atoms with van der Waals surface area (Å²) >= 11 is 0. The highest BCUT2D eigenvalue weighted by molar-refractivity contribution is 5.91. The number of amides is 1.